The van der Waals surface area contributed by atoms with E-state index in [0.29, 0.717) is 12.1 Å². The van der Waals surface area contributed by atoms with Crippen LogP contribution in [0.5, 0.6) is 0 Å². The van der Waals surface area contributed by atoms with E-state index < -0.39 is 0 Å². The number of rotatable bonds is 6. The van der Waals surface area contributed by atoms with E-state index in [1.54, 1.807) is 11.1 Å². The van der Waals surface area contributed by atoms with Gasteiger partial charge in [-0.2, -0.15) is 0 Å². The SMILES string of the molecule is CCNC1c2ccccc2CCC1N(CC)CC1CCC1. The van der Waals surface area contributed by atoms with E-state index >= 15 is 0 Å². The van der Waals surface area contributed by atoms with Gasteiger partial charge in [-0.3, -0.25) is 4.90 Å². The Morgan fingerprint density at radius 3 is 2.62 bits per heavy atom. The molecule has 2 heteroatoms. The highest BCUT2D eigenvalue weighted by molar-refractivity contribution is 5.34. The average Bonchev–Trinajstić information content (AvgIpc) is 2.48. The normalized spacial score (nSPS) is 25.7. The predicted molar refractivity (Wildman–Crippen MR) is 89.6 cm³/mol. The topological polar surface area (TPSA) is 15.3 Å². The Morgan fingerprint density at radius 1 is 1.14 bits per heavy atom. The zero-order chi connectivity index (χ0) is 14.7. The van der Waals surface area contributed by atoms with Crippen molar-refractivity contribution in [2.45, 2.75) is 58.0 Å². The third-order valence-corrected chi connectivity index (χ3v) is 5.50. The number of hydrogen-bond donors (Lipinski definition) is 1. The molecule has 1 N–H and O–H groups in total. The Morgan fingerprint density at radius 2 is 1.95 bits per heavy atom. The Labute approximate surface area is 129 Å². The number of aryl methyl sites for hydroxylation is 1. The molecule has 116 valence electrons. The molecule has 2 atom stereocenters. The van der Waals surface area contributed by atoms with Gasteiger partial charge in [-0.15, -0.1) is 0 Å². The quantitative estimate of drug-likeness (QED) is 0.856. The zero-order valence-electron chi connectivity index (χ0n) is 13.6. The van der Waals surface area contributed by atoms with Gasteiger partial charge in [-0.1, -0.05) is 44.5 Å². The Kier molecular flexibility index (Phi) is 4.97. The first kappa shape index (κ1) is 15.1. The van der Waals surface area contributed by atoms with Crippen molar-refractivity contribution < 1.29 is 0 Å². The number of nitrogens with one attached hydrogen (secondary N) is 1. The van der Waals surface area contributed by atoms with Crippen molar-refractivity contribution in [2.24, 2.45) is 5.92 Å². The molecule has 0 aromatic heterocycles. The van der Waals surface area contributed by atoms with E-state index in [2.05, 4.69) is 48.3 Å². The molecule has 1 fully saturated rings. The van der Waals surface area contributed by atoms with Gasteiger partial charge < -0.3 is 5.32 Å². The number of hydrogen-bond acceptors (Lipinski definition) is 2. The van der Waals surface area contributed by atoms with Gasteiger partial charge in [-0.25, -0.2) is 0 Å². The first-order valence-electron chi connectivity index (χ1n) is 8.88. The molecule has 0 aliphatic heterocycles. The third-order valence-electron chi connectivity index (χ3n) is 5.50. The summed E-state index contributed by atoms with van der Waals surface area (Å²) >= 11 is 0. The van der Waals surface area contributed by atoms with Crippen LogP contribution >= 0.6 is 0 Å². The first-order chi connectivity index (χ1) is 10.3. The lowest BCUT2D eigenvalue weighted by atomic mass is 9.81. The largest absolute Gasteiger partial charge is 0.309 e. The molecule has 1 aromatic rings. The summed E-state index contributed by atoms with van der Waals surface area (Å²) in [5.74, 6) is 0.962. The van der Waals surface area contributed by atoms with Crippen molar-refractivity contribution in [3.05, 3.63) is 35.4 Å². The minimum Gasteiger partial charge on any atom is -0.309 e. The van der Waals surface area contributed by atoms with Crippen LogP contribution < -0.4 is 5.32 Å². The lowest BCUT2D eigenvalue weighted by Crippen LogP contribution is -2.49. The molecule has 2 unspecified atom stereocenters. The Balaban J connectivity index is 1.79. The summed E-state index contributed by atoms with van der Waals surface area (Å²) in [5, 5.41) is 3.77. The maximum Gasteiger partial charge on any atom is 0.0480 e. The average molecular weight is 286 g/mol. The number of benzene rings is 1. The molecule has 2 aliphatic rings. The van der Waals surface area contributed by atoms with Crippen molar-refractivity contribution >= 4 is 0 Å². The van der Waals surface area contributed by atoms with E-state index in [4.69, 9.17) is 0 Å². The third kappa shape index (κ3) is 3.17. The smallest absolute Gasteiger partial charge is 0.0480 e. The molecule has 21 heavy (non-hydrogen) atoms. The van der Waals surface area contributed by atoms with Crippen LogP contribution in [0.3, 0.4) is 0 Å². The van der Waals surface area contributed by atoms with Gasteiger partial charge in [0, 0.05) is 18.6 Å². The highest BCUT2D eigenvalue weighted by Crippen LogP contribution is 2.35. The van der Waals surface area contributed by atoms with Crippen molar-refractivity contribution in [1.82, 2.24) is 10.2 Å². The van der Waals surface area contributed by atoms with Crippen molar-refractivity contribution in [1.29, 1.82) is 0 Å². The first-order valence-corrected chi connectivity index (χ1v) is 8.88. The van der Waals surface area contributed by atoms with Crippen LogP contribution in [0.25, 0.3) is 0 Å². The summed E-state index contributed by atoms with van der Waals surface area (Å²) in [6.45, 7) is 8.12. The molecule has 1 saturated carbocycles. The van der Waals surface area contributed by atoms with Crippen LogP contribution in [0, 0.1) is 5.92 Å². The van der Waals surface area contributed by atoms with Gasteiger partial charge in [0.1, 0.15) is 0 Å². The fourth-order valence-electron chi connectivity index (χ4n) is 4.11. The highest BCUT2D eigenvalue weighted by atomic mass is 15.2. The molecule has 3 rings (SSSR count). The van der Waals surface area contributed by atoms with Gasteiger partial charge in [0.15, 0.2) is 0 Å². The number of likely N-dealkylation sites (N-methyl/N-ethyl adjacent to an activating group) is 2. The van der Waals surface area contributed by atoms with Crippen molar-refractivity contribution in [2.75, 3.05) is 19.6 Å². The molecular formula is C19H30N2. The second kappa shape index (κ2) is 6.93. The van der Waals surface area contributed by atoms with Crippen LogP contribution in [-0.4, -0.2) is 30.6 Å². The standard InChI is InChI=1S/C19H30N2/c1-3-20-19-17-11-6-5-10-16(17)12-13-18(19)21(4-2)14-15-8-7-9-15/h5-6,10-11,15,18-20H,3-4,7-9,12-14H2,1-2H3. The summed E-state index contributed by atoms with van der Waals surface area (Å²) in [5.41, 5.74) is 3.10. The van der Waals surface area contributed by atoms with Crippen LogP contribution in [-0.2, 0) is 6.42 Å². The number of fused-ring (bicyclic) bond motifs is 1. The van der Waals surface area contributed by atoms with E-state index in [-0.39, 0.29) is 0 Å². The van der Waals surface area contributed by atoms with E-state index in [1.807, 2.05) is 0 Å². The second-order valence-electron chi connectivity index (χ2n) is 6.72. The van der Waals surface area contributed by atoms with E-state index in [9.17, 15) is 0 Å². The van der Waals surface area contributed by atoms with Gasteiger partial charge in [0.05, 0.1) is 0 Å². The summed E-state index contributed by atoms with van der Waals surface area (Å²) in [4.78, 5) is 2.76. The maximum atomic E-state index is 3.77. The van der Waals surface area contributed by atoms with Gasteiger partial charge in [0.25, 0.3) is 0 Å². The van der Waals surface area contributed by atoms with Crippen molar-refractivity contribution in [3.8, 4) is 0 Å². The Bertz CT molecular complexity index is 453. The summed E-state index contributed by atoms with van der Waals surface area (Å²) < 4.78 is 0. The predicted octanol–water partition coefficient (Wildman–Crippen LogP) is 3.77. The second-order valence-corrected chi connectivity index (χ2v) is 6.72. The van der Waals surface area contributed by atoms with Crippen LogP contribution in [0.2, 0.25) is 0 Å². The molecule has 2 aliphatic carbocycles. The fraction of sp³-hybridized carbons (Fsp3) is 0.684. The fourth-order valence-corrected chi connectivity index (χ4v) is 4.11. The summed E-state index contributed by atoms with van der Waals surface area (Å²) in [6.07, 6.45) is 6.89. The van der Waals surface area contributed by atoms with Crippen LogP contribution in [0.1, 0.15) is 56.7 Å². The molecule has 1 aromatic carbocycles. The van der Waals surface area contributed by atoms with Crippen LogP contribution in [0.15, 0.2) is 24.3 Å². The summed E-state index contributed by atoms with van der Waals surface area (Å²) in [7, 11) is 0. The molecule has 0 heterocycles. The lowest BCUT2D eigenvalue weighted by Gasteiger charge is -2.43. The maximum absolute atomic E-state index is 3.77. The monoisotopic (exact) mass is 286 g/mol. The molecule has 0 radical (unpaired) electrons. The zero-order valence-corrected chi connectivity index (χ0v) is 13.6. The van der Waals surface area contributed by atoms with Crippen molar-refractivity contribution in [3.63, 3.8) is 0 Å². The van der Waals surface area contributed by atoms with Gasteiger partial charge in [0.2, 0.25) is 0 Å². The number of nitrogens with zero attached hydrogens (tertiary/aromatic N) is 1. The highest BCUT2D eigenvalue weighted by Gasteiger charge is 2.33. The minimum absolute atomic E-state index is 0.514. The van der Waals surface area contributed by atoms with E-state index in [0.717, 1.165) is 12.5 Å². The van der Waals surface area contributed by atoms with E-state index in [1.165, 1.54) is 45.2 Å². The Hall–Kier alpha value is -0.860. The molecule has 0 saturated heterocycles. The van der Waals surface area contributed by atoms with Gasteiger partial charge in [-0.05, 0) is 55.8 Å². The lowest BCUT2D eigenvalue weighted by molar-refractivity contribution is 0.103. The minimum atomic E-state index is 0.514. The van der Waals surface area contributed by atoms with Crippen LogP contribution in [0.4, 0.5) is 0 Å². The molecule has 0 bridgehead atoms. The molecule has 2 nitrogen and oxygen atoms in total. The molecular weight excluding hydrogens is 256 g/mol. The summed E-state index contributed by atoms with van der Waals surface area (Å²) in [6, 6.07) is 10.2. The molecule has 0 spiro atoms. The van der Waals surface area contributed by atoms with Gasteiger partial charge >= 0.3 is 0 Å². The molecule has 0 amide bonds.